The standard InChI is InChI=1S/C15H30O7S/c1-12(16)13(17)10-8-6-4-2-3-5-7-9-11-14(15(18)19)23(20,21)22/h12-14,16-17H,2-11H2,1H3,(H,18,19)(H,20,21,22). The van der Waals surface area contributed by atoms with Crippen LogP contribution in [-0.2, 0) is 14.9 Å². The van der Waals surface area contributed by atoms with Gasteiger partial charge < -0.3 is 15.3 Å². The summed E-state index contributed by atoms with van der Waals surface area (Å²) in [5.41, 5.74) is 0. The number of carboxylic acid groups (broad SMARTS) is 1. The monoisotopic (exact) mass is 354 g/mol. The summed E-state index contributed by atoms with van der Waals surface area (Å²) in [6.07, 6.45) is 6.21. The van der Waals surface area contributed by atoms with Gasteiger partial charge in [0.2, 0.25) is 0 Å². The highest BCUT2D eigenvalue weighted by Gasteiger charge is 2.29. The maximum atomic E-state index is 10.9. The Morgan fingerprint density at radius 2 is 1.26 bits per heavy atom. The number of unbranched alkanes of at least 4 members (excludes halogenated alkanes) is 7. The van der Waals surface area contributed by atoms with Crippen LogP contribution in [0.5, 0.6) is 0 Å². The van der Waals surface area contributed by atoms with E-state index in [1.165, 1.54) is 0 Å². The number of hydrogen-bond donors (Lipinski definition) is 4. The molecule has 23 heavy (non-hydrogen) atoms. The molecule has 0 aromatic rings. The van der Waals surface area contributed by atoms with Gasteiger partial charge in [0.25, 0.3) is 10.1 Å². The highest BCUT2D eigenvalue weighted by Crippen LogP contribution is 2.15. The van der Waals surface area contributed by atoms with Crippen LogP contribution in [0.25, 0.3) is 0 Å². The van der Waals surface area contributed by atoms with Crippen molar-refractivity contribution in [3.63, 3.8) is 0 Å². The molecule has 0 rings (SSSR count). The number of rotatable bonds is 14. The summed E-state index contributed by atoms with van der Waals surface area (Å²) >= 11 is 0. The molecule has 8 heteroatoms. The van der Waals surface area contributed by atoms with Gasteiger partial charge in [-0.25, -0.2) is 0 Å². The van der Waals surface area contributed by atoms with Gasteiger partial charge in [0.1, 0.15) is 0 Å². The summed E-state index contributed by atoms with van der Waals surface area (Å²) in [7, 11) is -4.52. The SMILES string of the molecule is CC(O)C(O)CCCCCCCCCCC(C(=O)O)S(=O)(=O)O. The Bertz CT molecular complexity index is 420. The van der Waals surface area contributed by atoms with E-state index in [0.717, 1.165) is 44.9 Å². The van der Waals surface area contributed by atoms with E-state index in [1.54, 1.807) is 6.92 Å². The van der Waals surface area contributed by atoms with Gasteiger partial charge in [-0.1, -0.05) is 51.4 Å². The highest BCUT2D eigenvalue weighted by molar-refractivity contribution is 7.87. The van der Waals surface area contributed by atoms with E-state index >= 15 is 0 Å². The lowest BCUT2D eigenvalue weighted by Gasteiger charge is -2.12. The van der Waals surface area contributed by atoms with E-state index in [9.17, 15) is 18.3 Å². The predicted octanol–water partition coefficient (Wildman–Crippen LogP) is 1.97. The maximum absolute atomic E-state index is 10.9. The van der Waals surface area contributed by atoms with E-state index in [0.29, 0.717) is 12.8 Å². The average molecular weight is 354 g/mol. The minimum Gasteiger partial charge on any atom is -0.480 e. The molecule has 0 radical (unpaired) electrons. The van der Waals surface area contributed by atoms with Crippen molar-refractivity contribution in [1.29, 1.82) is 0 Å². The average Bonchev–Trinajstić information content (AvgIpc) is 2.42. The molecule has 7 nitrogen and oxygen atoms in total. The molecule has 0 aliphatic heterocycles. The molecule has 0 fully saturated rings. The fraction of sp³-hybridized carbons (Fsp3) is 0.933. The molecule has 3 atom stereocenters. The summed E-state index contributed by atoms with van der Waals surface area (Å²) in [6, 6.07) is 0. The molecule has 138 valence electrons. The molecule has 3 unspecified atom stereocenters. The van der Waals surface area contributed by atoms with Crippen LogP contribution >= 0.6 is 0 Å². The van der Waals surface area contributed by atoms with Gasteiger partial charge in [-0.2, -0.15) is 8.42 Å². The summed E-state index contributed by atoms with van der Waals surface area (Å²) in [6.45, 7) is 1.57. The molecule has 0 spiro atoms. The van der Waals surface area contributed by atoms with Crippen molar-refractivity contribution in [2.45, 2.75) is 88.6 Å². The first kappa shape index (κ1) is 22.3. The fourth-order valence-electron chi connectivity index (χ4n) is 2.38. The van der Waals surface area contributed by atoms with Crippen molar-refractivity contribution in [2.75, 3.05) is 0 Å². The van der Waals surface area contributed by atoms with E-state index in [1.807, 2.05) is 0 Å². The van der Waals surface area contributed by atoms with Crippen molar-refractivity contribution in [3.8, 4) is 0 Å². The molecule has 0 aromatic heterocycles. The first-order valence-corrected chi connectivity index (χ1v) is 9.71. The third-order valence-corrected chi connectivity index (χ3v) is 5.06. The van der Waals surface area contributed by atoms with E-state index in [4.69, 9.17) is 14.8 Å². The van der Waals surface area contributed by atoms with Crippen LogP contribution in [0.1, 0.15) is 71.1 Å². The van der Waals surface area contributed by atoms with E-state index < -0.39 is 33.5 Å². The molecule has 0 amide bonds. The molecule has 4 N–H and O–H groups in total. The molecule has 0 saturated heterocycles. The van der Waals surface area contributed by atoms with Crippen LogP contribution in [0.2, 0.25) is 0 Å². The van der Waals surface area contributed by atoms with Crippen molar-refractivity contribution in [2.24, 2.45) is 0 Å². The van der Waals surface area contributed by atoms with Crippen LogP contribution in [0.15, 0.2) is 0 Å². The third-order valence-electron chi connectivity index (χ3n) is 3.91. The summed E-state index contributed by atoms with van der Waals surface area (Å²) in [4.78, 5) is 10.7. The molecule has 0 aliphatic rings. The number of hydrogen-bond acceptors (Lipinski definition) is 5. The fourth-order valence-corrected chi connectivity index (χ4v) is 3.10. The van der Waals surface area contributed by atoms with Crippen molar-refractivity contribution in [1.82, 2.24) is 0 Å². The quantitative estimate of drug-likeness (QED) is 0.277. The lowest BCUT2D eigenvalue weighted by molar-refractivity contribution is -0.136. The summed E-state index contributed by atoms with van der Waals surface area (Å²) in [5, 5.41) is 25.6. The topological polar surface area (TPSA) is 132 Å². The van der Waals surface area contributed by atoms with E-state index in [-0.39, 0.29) is 6.42 Å². The van der Waals surface area contributed by atoms with Crippen LogP contribution < -0.4 is 0 Å². The van der Waals surface area contributed by atoms with Gasteiger partial charge in [-0.15, -0.1) is 0 Å². The second-order valence-electron chi connectivity index (χ2n) is 6.06. The van der Waals surface area contributed by atoms with Gasteiger partial charge >= 0.3 is 5.97 Å². The van der Waals surface area contributed by atoms with E-state index in [2.05, 4.69) is 0 Å². The van der Waals surface area contributed by atoms with Gasteiger partial charge in [0.05, 0.1) is 12.2 Å². The Morgan fingerprint density at radius 1 is 0.870 bits per heavy atom. The number of carboxylic acids is 1. The molecule has 0 bridgehead atoms. The third kappa shape index (κ3) is 11.5. The Morgan fingerprint density at radius 3 is 1.61 bits per heavy atom. The minimum atomic E-state index is -4.52. The molecule has 0 aliphatic carbocycles. The van der Waals surface area contributed by atoms with Crippen LogP contribution in [0.4, 0.5) is 0 Å². The molecule has 0 saturated carbocycles. The molecular formula is C15H30O7S. The Hall–Kier alpha value is -0.700. The van der Waals surface area contributed by atoms with Crippen molar-refractivity contribution < 1.29 is 33.1 Å². The first-order chi connectivity index (χ1) is 10.7. The largest absolute Gasteiger partial charge is 0.480 e. The highest BCUT2D eigenvalue weighted by atomic mass is 32.2. The second kappa shape index (κ2) is 11.8. The van der Waals surface area contributed by atoms with Crippen molar-refractivity contribution in [3.05, 3.63) is 0 Å². The smallest absolute Gasteiger partial charge is 0.324 e. The van der Waals surface area contributed by atoms with Gasteiger partial charge in [-0.3, -0.25) is 9.35 Å². The summed E-state index contributed by atoms with van der Waals surface area (Å²) < 4.78 is 30.5. The normalized spacial score (nSPS) is 16.0. The number of aliphatic carboxylic acids is 1. The Kier molecular flexibility index (Phi) is 11.4. The number of aliphatic hydroxyl groups excluding tert-OH is 2. The zero-order valence-corrected chi connectivity index (χ0v) is 14.5. The molecule has 0 aromatic carbocycles. The first-order valence-electron chi connectivity index (χ1n) is 8.21. The van der Waals surface area contributed by atoms with Gasteiger partial charge in [0.15, 0.2) is 5.25 Å². The number of aliphatic hydroxyl groups is 2. The minimum absolute atomic E-state index is 0.0641. The number of carbonyl (C=O) groups is 1. The Labute approximate surface area is 138 Å². The van der Waals surface area contributed by atoms with Crippen LogP contribution in [0, 0.1) is 0 Å². The molecular weight excluding hydrogens is 324 g/mol. The van der Waals surface area contributed by atoms with Crippen molar-refractivity contribution >= 4 is 16.1 Å². The molecule has 0 heterocycles. The maximum Gasteiger partial charge on any atom is 0.324 e. The lowest BCUT2D eigenvalue weighted by Crippen LogP contribution is -2.29. The van der Waals surface area contributed by atoms with Gasteiger partial charge in [-0.05, 0) is 19.8 Å². The van der Waals surface area contributed by atoms with Gasteiger partial charge in [0, 0.05) is 0 Å². The second-order valence-corrected chi connectivity index (χ2v) is 7.65. The summed E-state index contributed by atoms with van der Waals surface area (Å²) in [5.74, 6) is -1.51. The Balaban J connectivity index is 3.55. The van der Waals surface area contributed by atoms with Crippen LogP contribution in [0.3, 0.4) is 0 Å². The van der Waals surface area contributed by atoms with Crippen LogP contribution in [-0.4, -0.2) is 51.7 Å². The zero-order valence-electron chi connectivity index (χ0n) is 13.7. The zero-order chi connectivity index (χ0) is 17.9. The predicted molar refractivity (Wildman–Crippen MR) is 86.8 cm³/mol. The lowest BCUT2D eigenvalue weighted by atomic mass is 10.0.